The van der Waals surface area contributed by atoms with Crippen molar-refractivity contribution >= 4 is 15.9 Å². The van der Waals surface area contributed by atoms with E-state index in [1.807, 2.05) is 12.1 Å². The van der Waals surface area contributed by atoms with Gasteiger partial charge < -0.3 is 14.4 Å². The maximum absolute atomic E-state index is 13.2. The molecule has 0 atom stereocenters. The molecular weight excluding hydrogens is 404 g/mol. The molecule has 5 rings (SSSR count). The number of piperazine rings is 1. The van der Waals surface area contributed by atoms with Gasteiger partial charge in [0.15, 0.2) is 11.5 Å². The van der Waals surface area contributed by atoms with Gasteiger partial charge in [-0.3, -0.25) is 4.79 Å². The highest BCUT2D eigenvalue weighted by Gasteiger charge is 2.32. The lowest BCUT2D eigenvalue weighted by atomic mass is 9.92. The first-order valence-electron chi connectivity index (χ1n) is 10.3. The maximum atomic E-state index is 13.2. The van der Waals surface area contributed by atoms with Gasteiger partial charge in [-0.05, 0) is 61.1 Å². The Morgan fingerprint density at radius 2 is 1.67 bits per heavy atom. The van der Waals surface area contributed by atoms with Crippen LogP contribution in [0.5, 0.6) is 11.5 Å². The van der Waals surface area contributed by atoms with E-state index < -0.39 is 10.0 Å². The van der Waals surface area contributed by atoms with Crippen molar-refractivity contribution in [1.29, 1.82) is 0 Å². The van der Waals surface area contributed by atoms with Crippen molar-refractivity contribution in [3.63, 3.8) is 0 Å². The van der Waals surface area contributed by atoms with Crippen LogP contribution < -0.4 is 9.47 Å². The van der Waals surface area contributed by atoms with Gasteiger partial charge in [-0.2, -0.15) is 4.31 Å². The normalized spacial score (nSPS) is 18.9. The van der Waals surface area contributed by atoms with Crippen molar-refractivity contribution in [1.82, 2.24) is 9.21 Å². The average molecular weight is 429 g/mol. The minimum absolute atomic E-state index is 0.104. The Kier molecular flexibility index (Phi) is 4.91. The Hall–Kier alpha value is -2.58. The SMILES string of the molecule is O=C(c1cccc2c1OCO2)N1CCN(S(=O)(=O)c2ccc3c(c2)CCCC3)CC1. The van der Waals surface area contributed by atoms with E-state index in [4.69, 9.17) is 9.47 Å². The molecule has 158 valence electrons. The fourth-order valence-electron chi connectivity index (χ4n) is 4.42. The maximum Gasteiger partial charge on any atom is 0.257 e. The number of fused-ring (bicyclic) bond motifs is 2. The quantitative estimate of drug-likeness (QED) is 0.751. The summed E-state index contributed by atoms with van der Waals surface area (Å²) in [6.07, 6.45) is 4.23. The summed E-state index contributed by atoms with van der Waals surface area (Å²) in [4.78, 5) is 15.0. The minimum atomic E-state index is -3.57. The lowest BCUT2D eigenvalue weighted by Gasteiger charge is -2.34. The van der Waals surface area contributed by atoms with Crippen LogP contribution in [0, 0.1) is 0 Å². The summed E-state index contributed by atoms with van der Waals surface area (Å²) in [5, 5.41) is 0. The Labute approximate surface area is 176 Å². The van der Waals surface area contributed by atoms with E-state index in [9.17, 15) is 13.2 Å². The molecule has 2 heterocycles. The number of sulfonamides is 1. The van der Waals surface area contributed by atoms with Gasteiger partial charge in [0.05, 0.1) is 10.5 Å². The van der Waals surface area contributed by atoms with Crippen LogP contribution in [0.3, 0.4) is 0 Å². The van der Waals surface area contributed by atoms with Gasteiger partial charge in [-0.25, -0.2) is 8.42 Å². The molecule has 0 saturated carbocycles. The molecule has 8 heteroatoms. The third-order valence-electron chi connectivity index (χ3n) is 6.11. The predicted molar refractivity (Wildman–Crippen MR) is 110 cm³/mol. The highest BCUT2D eigenvalue weighted by molar-refractivity contribution is 7.89. The number of hydrogen-bond acceptors (Lipinski definition) is 5. The lowest BCUT2D eigenvalue weighted by Crippen LogP contribution is -2.50. The smallest absolute Gasteiger partial charge is 0.257 e. The number of amides is 1. The average Bonchev–Trinajstić information content (AvgIpc) is 3.27. The summed E-state index contributed by atoms with van der Waals surface area (Å²) in [6, 6.07) is 10.8. The highest BCUT2D eigenvalue weighted by Crippen LogP contribution is 2.36. The van der Waals surface area contributed by atoms with E-state index in [-0.39, 0.29) is 25.8 Å². The Bertz CT molecular complexity index is 1090. The van der Waals surface area contributed by atoms with Crippen LogP contribution in [0.1, 0.15) is 34.3 Å². The molecule has 0 bridgehead atoms. The molecular formula is C22H24N2O5S. The van der Waals surface area contributed by atoms with Crippen molar-refractivity contribution in [2.45, 2.75) is 30.6 Å². The molecule has 1 fully saturated rings. The van der Waals surface area contributed by atoms with Crippen LogP contribution in [0.25, 0.3) is 0 Å². The Morgan fingerprint density at radius 3 is 2.47 bits per heavy atom. The molecule has 30 heavy (non-hydrogen) atoms. The number of ether oxygens (including phenoxy) is 2. The van der Waals surface area contributed by atoms with E-state index in [0.29, 0.717) is 35.0 Å². The zero-order chi connectivity index (χ0) is 20.7. The zero-order valence-electron chi connectivity index (χ0n) is 16.7. The van der Waals surface area contributed by atoms with E-state index in [1.54, 1.807) is 29.2 Å². The number of benzene rings is 2. The van der Waals surface area contributed by atoms with Crippen molar-refractivity contribution in [3.8, 4) is 11.5 Å². The molecule has 0 spiro atoms. The summed E-state index contributed by atoms with van der Waals surface area (Å²) in [7, 11) is -3.57. The van der Waals surface area contributed by atoms with Crippen molar-refractivity contribution < 1.29 is 22.7 Å². The summed E-state index contributed by atoms with van der Waals surface area (Å²) in [6.45, 7) is 1.34. The first-order valence-corrected chi connectivity index (χ1v) is 11.8. The number of carbonyl (C=O) groups excluding carboxylic acids is 1. The van der Waals surface area contributed by atoms with Gasteiger partial charge in [-0.15, -0.1) is 0 Å². The fourth-order valence-corrected chi connectivity index (χ4v) is 5.89. The molecule has 1 saturated heterocycles. The van der Waals surface area contributed by atoms with Crippen molar-refractivity contribution in [2.24, 2.45) is 0 Å². The number of aryl methyl sites for hydroxylation is 2. The van der Waals surface area contributed by atoms with Crippen LogP contribution in [-0.2, 0) is 22.9 Å². The third-order valence-corrected chi connectivity index (χ3v) is 8.01. The third kappa shape index (κ3) is 3.33. The van der Waals surface area contributed by atoms with Crippen LogP contribution in [0.4, 0.5) is 0 Å². The lowest BCUT2D eigenvalue weighted by molar-refractivity contribution is 0.0693. The van der Waals surface area contributed by atoms with E-state index in [0.717, 1.165) is 31.2 Å². The van der Waals surface area contributed by atoms with Crippen molar-refractivity contribution in [2.75, 3.05) is 33.0 Å². The first kappa shape index (κ1) is 19.4. The number of rotatable bonds is 3. The Morgan fingerprint density at radius 1 is 0.900 bits per heavy atom. The molecule has 7 nitrogen and oxygen atoms in total. The fraction of sp³-hybridized carbons (Fsp3) is 0.409. The molecule has 2 aromatic rings. The first-order chi connectivity index (χ1) is 14.5. The van der Waals surface area contributed by atoms with Crippen LogP contribution in [0.15, 0.2) is 41.3 Å². The van der Waals surface area contributed by atoms with E-state index in [2.05, 4.69) is 0 Å². The molecule has 0 aromatic heterocycles. The van der Waals surface area contributed by atoms with Crippen molar-refractivity contribution in [3.05, 3.63) is 53.1 Å². The van der Waals surface area contributed by atoms with Gasteiger partial charge in [0.1, 0.15) is 0 Å². The van der Waals surface area contributed by atoms with Crippen LogP contribution in [-0.4, -0.2) is 56.5 Å². The second kappa shape index (κ2) is 7.59. The number of nitrogens with zero attached hydrogens (tertiary/aromatic N) is 2. The van der Waals surface area contributed by atoms with Gasteiger partial charge in [0, 0.05) is 26.2 Å². The minimum Gasteiger partial charge on any atom is -0.454 e. The Balaban J connectivity index is 1.30. The van der Waals surface area contributed by atoms with Gasteiger partial charge in [-0.1, -0.05) is 12.1 Å². The summed E-state index contributed by atoms with van der Waals surface area (Å²) in [5.41, 5.74) is 2.87. The zero-order valence-corrected chi connectivity index (χ0v) is 17.5. The van der Waals surface area contributed by atoms with Crippen LogP contribution in [0.2, 0.25) is 0 Å². The molecule has 2 aromatic carbocycles. The molecule has 1 aliphatic carbocycles. The second-order valence-electron chi connectivity index (χ2n) is 7.87. The van der Waals surface area contributed by atoms with Crippen LogP contribution >= 0.6 is 0 Å². The number of para-hydroxylation sites is 1. The predicted octanol–water partition coefficient (Wildman–Crippen LogP) is 2.44. The monoisotopic (exact) mass is 428 g/mol. The number of carbonyl (C=O) groups is 1. The van der Waals surface area contributed by atoms with Gasteiger partial charge in [0.25, 0.3) is 5.91 Å². The highest BCUT2D eigenvalue weighted by atomic mass is 32.2. The number of hydrogen-bond donors (Lipinski definition) is 0. The molecule has 0 radical (unpaired) electrons. The summed E-state index contributed by atoms with van der Waals surface area (Å²) >= 11 is 0. The molecule has 3 aliphatic rings. The second-order valence-corrected chi connectivity index (χ2v) is 9.81. The van der Waals surface area contributed by atoms with E-state index >= 15 is 0 Å². The summed E-state index contributed by atoms with van der Waals surface area (Å²) < 4.78 is 38.6. The standard InChI is InChI=1S/C22H24N2O5S/c25-22(19-6-3-7-20-21(19)29-15-28-20)23-10-12-24(13-11-23)30(26,27)18-9-8-16-4-1-2-5-17(16)14-18/h3,6-9,14H,1-2,4-5,10-13,15H2. The van der Waals surface area contributed by atoms with Gasteiger partial charge >= 0.3 is 0 Å². The molecule has 2 aliphatic heterocycles. The topological polar surface area (TPSA) is 76.2 Å². The molecule has 0 unspecified atom stereocenters. The molecule has 1 amide bonds. The summed E-state index contributed by atoms with van der Waals surface area (Å²) in [5.74, 6) is 0.865. The largest absolute Gasteiger partial charge is 0.454 e. The molecule has 0 N–H and O–H groups in total. The van der Waals surface area contributed by atoms with E-state index in [1.165, 1.54) is 9.87 Å². The van der Waals surface area contributed by atoms with Gasteiger partial charge in [0.2, 0.25) is 16.8 Å².